The molecular formula is C11H24N2. The molecule has 1 aliphatic rings. The topological polar surface area (TPSA) is 29.3 Å². The first-order chi connectivity index (χ1) is 5.91. The Kier molecular flexibility index (Phi) is 3.36. The number of likely N-dealkylation sites (tertiary alicyclic amines) is 1. The summed E-state index contributed by atoms with van der Waals surface area (Å²) in [6.07, 6.45) is 2.46. The molecule has 0 saturated carbocycles. The predicted octanol–water partition coefficient (Wildman–Crippen LogP) is 1.70. The van der Waals surface area contributed by atoms with Crippen LogP contribution in [0.2, 0.25) is 0 Å². The lowest BCUT2D eigenvalue weighted by molar-refractivity contribution is 0.160. The third-order valence-corrected chi connectivity index (χ3v) is 3.36. The second kappa shape index (κ2) is 3.97. The van der Waals surface area contributed by atoms with Crippen LogP contribution in [0, 0.1) is 11.8 Å². The van der Waals surface area contributed by atoms with E-state index in [2.05, 4.69) is 32.7 Å². The maximum absolute atomic E-state index is 6.25. The monoisotopic (exact) mass is 184 g/mol. The van der Waals surface area contributed by atoms with Crippen molar-refractivity contribution in [2.24, 2.45) is 17.6 Å². The first kappa shape index (κ1) is 11.0. The Balaban J connectivity index is 2.62. The lowest BCUT2D eigenvalue weighted by Gasteiger charge is -2.37. The van der Waals surface area contributed by atoms with Crippen molar-refractivity contribution in [3.05, 3.63) is 0 Å². The van der Waals surface area contributed by atoms with Gasteiger partial charge in [0.25, 0.3) is 0 Å². The molecule has 0 spiro atoms. The number of nitrogens with zero attached hydrogens (tertiary/aromatic N) is 1. The van der Waals surface area contributed by atoms with Gasteiger partial charge in [0.15, 0.2) is 0 Å². The summed E-state index contributed by atoms with van der Waals surface area (Å²) in [7, 11) is 2.17. The van der Waals surface area contributed by atoms with Crippen LogP contribution in [-0.2, 0) is 0 Å². The quantitative estimate of drug-likeness (QED) is 0.621. The highest BCUT2D eigenvalue weighted by Gasteiger charge is 2.28. The molecule has 3 atom stereocenters. The Bertz CT molecular complexity index is 165. The van der Waals surface area contributed by atoms with E-state index in [0.717, 1.165) is 24.8 Å². The maximum Gasteiger partial charge on any atom is 0.0257 e. The summed E-state index contributed by atoms with van der Waals surface area (Å²) in [5.74, 6) is 1.58. The van der Waals surface area contributed by atoms with Crippen molar-refractivity contribution in [3.8, 4) is 0 Å². The van der Waals surface area contributed by atoms with E-state index in [0.29, 0.717) is 0 Å². The van der Waals surface area contributed by atoms with Gasteiger partial charge in [-0.15, -0.1) is 0 Å². The molecule has 1 aliphatic heterocycles. The summed E-state index contributed by atoms with van der Waals surface area (Å²) >= 11 is 0. The average molecular weight is 184 g/mol. The van der Waals surface area contributed by atoms with Gasteiger partial charge in [-0.1, -0.05) is 13.8 Å². The molecule has 1 rings (SSSR count). The van der Waals surface area contributed by atoms with E-state index in [-0.39, 0.29) is 5.54 Å². The minimum Gasteiger partial charge on any atom is -0.324 e. The number of hydrogen-bond acceptors (Lipinski definition) is 2. The second-order valence-corrected chi connectivity index (χ2v) is 5.34. The molecule has 1 saturated heterocycles. The van der Waals surface area contributed by atoms with Gasteiger partial charge in [0.1, 0.15) is 0 Å². The summed E-state index contributed by atoms with van der Waals surface area (Å²) < 4.78 is 0. The van der Waals surface area contributed by atoms with Crippen LogP contribution in [0.5, 0.6) is 0 Å². The summed E-state index contributed by atoms with van der Waals surface area (Å²) in [6, 6.07) is 0. The van der Waals surface area contributed by atoms with Crippen molar-refractivity contribution in [3.63, 3.8) is 0 Å². The molecule has 0 amide bonds. The number of likely N-dealkylation sites (N-methyl/N-ethyl adjacent to an activating group) is 1. The number of hydrogen-bond donors (Lipinski definition) is 1. The van der Waals surface area contributed by atoms with Crippen LogP contribution < -0.4 is 5.73 Å². The molecule has 3 unspecified atom stereocenters. The smallest absolute Gasteiger partial charge is 0.0257 e. The average Bonchev–Trinajstić information content (AvgIpc) is 1.96. The van der Waals surface area contributed by atoms with Gasteiger partial charge in [0.05, 0.1) is 0 Å². The van der Waals surface area contributed by atoms with Gasteiger partial charge in [-0.05, 0) is 45.2 Å². The van der Waals surface area contributed by atoms with Crippen LogP contribution in [0.1, 0.15) is 33.6 Å². The van der Waals surface area contributed by atoms with Gasteiger partial charge in [-0.25, -0.2) is 0 Å². The lowest BCUT2D eigenvalue weighted by atomic mass is 9.80. The van der Waals surface area contributed by atoms with E-state index >= 15 is 0 Å². The van der Waals surface area contributed by atoms with E-state index < -0.39 is 0 Å². The van der Waals surface area contributed by atoms with Gasteiger partial charge < -0.3 is 10.6 Å². The Labute approximate surface area is 82.5 Å². The molecule has 1 fully saturated rings. The van der Waals surface area contributed by atoms with E-state index in [4.69, 9.17) is 5.73 Å². The van der Waals surface area contributed by atoms with Crippen molar-refractivity contribution >= 4 is 0 Å². The van der Waals surface area contributed by atoms with Crippen LogP contribution in [0.4, 0.5) is 0 Å². The molecule has 0 aromatic heterocycles. The van der Waals surface area contributed by atoms with Crippen molar-refractivity contribution in [2.75, 3.05) is 20.1 Å². The number of rotatable bonds is 0. The second-order valence-electron chi connectivity index (χ2n) is 5.34. The van der Waals surface area contributed by atoms with E-state index in [9.17, 15) is 0 Å². The molecule has 2 N–H and O–H groups in total. The van der Waals surface area contributed by atoms with Gasteiger partial charge in [-0.3, -0.25) is 0 Å². The van der Waals surface area contributed by atoms with Crippen molar-refractivity contribution in [1.29, 1.82) is 0 Å². The van der Waals surface area contributed by atoms with Crippen LogP contribution in [0.15, 0.2) is 0 Å². The zero-order valence-corrected chi connectivity index (χ0v) is 9.51. The summed E-state index contributed by atoms with van der Waals surface area (Å²) in [4.78, 5) is 2.36. The van der Waals surface area contributed by atoms with Gasteiger partial charge in [0.2, 0.25) is 0 Å². The lowest BCUT2D eigenvalue weighted by Crippen LogP contribution is -2.50. The van der Waals surface area contributed by atoms with E-state index in [1.54, 1.807) is 0 Å². The van der Waals surface area contributed by atoms with E-state index in [1.165, 1.54) is 13.0 Å². The van der Waals surface area contributed by atoms with Crippen molar-refractivity contribution in [1.82, 2.24) is 4.90 Å². The molecule has 2 heteroatoms. The third kappa shape index (κ3) is 3.28. The Morgan fingerprint density at radius 3 is 2.54 bits per heavy atom. The molecule has 2 nitrogen and oxygen atoms in total. The normalized spacial score (nSPS) is 44.1. The molecule has 0 radical (unpaired) electrons. The molecule has 0 aliphatic carbocycles. The molecule has 0 aromatic carbocycles. The van der Waals surface area contributed by atoms with Crippen LogP contribution in [0.25, 0.3) is 0 Å². The predicted molar refractivity (Wildman–Crippen MR) is 57.7 cm³/mol. The Hall–Kier alpha value is -0.0800. The Morgan fingerprint density at radius 1 is 1.31 bits per heavy atom. The highest BCUT2D eigenvalue weighted by atomic mass is 15.1. The fraction of sp³-hybridized carbons (Fsp3) is 1.00. The van der Waals surface area contributed by atoms with Crippen LogP contribution in [0.3, 0.4) is 0 Å². The highest BCUT2D eigenvalue weighted by Crippen LogP contribution is 2.26. The molecule has 0 bridgehead atoms. The zero-order chi connectivity index (χ0) is 10.1. The molecular weight excluding hydrogens is 160 g/mol. The minimum absolute atomic E-state index is 0.00282. The SMILES string of the molecule is CC1CCN(C)CC(C)(N)CC1C. The largest absolute Gasteiger partial charge is 0.324 e. The fourth-order valence-electron chi connectivity index (χ4n) is 2.41. The molecule has 1 heterocycles. The minimum atomic E-state index is 0.00282. The van der Waals surface area contributed by atoms with Crippen molar-refractivity contribution < 1.29 is 0 Å². The summed E-state index contributed by atoms with van der Waals surface area (Å²) in [5.41, 5.74) is 6.25. The van der Waals surface area contributed by atoms with Crippen LogP contribution >= 0.6 is 0 Å². The highest BCUT2D eigenvalue weighted by molar-refractivity contribution is 4.87. The van der Waals surface area contributed by atoms with Crippen LogP contribution in [-0.4, -0.2) is 30.6 Å². The van der Waals surface area contributed by atoms with Gasteiger partial charge >= 0.3 is 0 Å². The zero-order valence-electron chi connectivity index (χ0n) is 9.51. The summed E-state index contributed by atoms with van der Waals surface area (Å²) in [6.45, 7) is 9.08. The maximum atomic E-state index is 6.25. The van der Waals surface area contributed by atoms with Crippen molar-refractivity contribution in [2.45, 2.75) is 39.2 Å². The first-order valence-electron chi connectivity index (χ1n) is 5.38. The van der Waals surface area contributed by atoms with E-state index in [1.807, 2.05) is 0 Å². The van der Waals surface area contributed by atoms with Gasteiger partial charge in [0, 0.05) is 12.1 Å². The first-order valence-corrected chi connectivity index (χ1v) is 5.38. The summed E-state index contributed by atoms with van der Waals surface area (Å²) in [5, 5.41) is 0. The van der Waals surface area contributed by atoms with Gasteiger partial charge in [-0.2, -0.15) is 0 Å². The fourth-order valence-corrected chi connectivity index (χ4v) is 2.41. The standard InChI is InChI=1S/C11H24N2/c1-9-5-6-13(4)8-11(3,12)7-10(9)2/h9-10H,5-8,12H2,1-4H3. The third-order valence-electron chi connectivity index (χ3n) is 3.36. The number of nitrogens with two attached hydrogens (primary N) is 1. The Morgan fingerprint density at radius 2 is 1.92 bits per heavy atom. The molecule has 0 aromatic rings. The molecule has 13 heavy (non-hydrogen) atoms. The molecule has 78 valence electrons.